The van der Waals surface area contributed by atoms with Crippen LogP contribution in [-0.4, -0.2) is 4.92 Å². The van der Waals surface area contributed by atoms with Crippen molar-refractivity contribution in [3.63, 3.8) is 0 Å². The number of nitrogens with zero attached hydrogens (tertiary/aromatic N) is 1. The smallest absolute Gasteiger partial charge is 0.258 e. The third-order valence-corrected chi connectivity index (χ3v) is 2.05. The molecule has 0 unspecified atom stereocenters. The molecule has 0 amide bonds. The van der Waals surface area contributed by atoms with E-state index in [1.165, 1.54) is 0 Å². The van der Waals surface area contributed by atoms with Gasteiger partial charge in [-0.25, -0.2) is 0 Å². The van der Waals surface area contributed by atoms with Crippen LogP contribution < -0.4 is 0 Å². The number of nitro groups is 1. The largest absolute Gasteiger partial charge is 0.423 e. The summed E-state index contributed by atoms with van der Waals surface area (Å²) in [7, 11) is 0. The standard InChI is InChI=1S/C9H5F6NO2/c1-4-2-5(8(10,11)12)7(16(17)18)6(3-4)9(13,14)15/h2-3H,1H3. The zero-order valence-corrected chi connectivity index (χ0v) is 8.69. The van der Waals surface area contributed by atoms with E-state index in [-0.39, 0.29) is 5.56 Å². The average molecular weight is 273 g/mol. The molecule has 0 bridgehead atoms. The van der Waals surface area contributed by atoms with Crippen LogP contribution in [0.5, 0.6) is 0 Å². The molecular formula is C9H5F6NO2. The quantitative estimate of drug-likeness (QED) is 0.442. The molecule has 0 atom stereocenters. The van der Waals surface area contributed by atoms with Crippen LogP contribution in [0.2, 0.25) is 0 Å². The fourth-order valence-corrected chi connectivity index (χ4v) is 1.41. The second-order valence-electron chi connectivity index (χ2n) is 3.46. The topological polar surface area (TPSA) is 43.1 Å². The van der Waals surface area contributed by atoms with Crippen molar-refractivity contribution >= 4 is 5.69 Å². The molecule has 1 aromatic carbocycles. The van der Waals surface area contributed by atoms with Gasteiger partial charge in [0.2, 0.25) is 0 Å². The van der Waals surface area contributed by atoms with Crippen molar-refractivity contribution in [3.05, 3.63) is 38.9 Å². The number of hydrogen-bond acceptors (Lipinski definition) is 2. The number of halogens is 6. The molecule has 0 saturated heterocycles. The van der Waals surface area contributed by atoms with Gasteiger partial charge in [-0.15, -0.1) is 0 Å². The van der Waals surface area contributed by atoms with Crippen LogP contribution in [-0.2, 0) is 12.4 Å². The van der Waals surface area contributed by atoms with Crippen LogP contribution in [0.4, 0.5) is 32.0 Å². The van der Waals surface area contributed by atoms with E-state index >= 15 is 0 Å². The molecule has 0 N–H and O–H groups in total. The second-order valence-corrected chi connectivity index (χ2v) is 3.46. The molecule has 0 aliphatic rings. The molecule has 0 aliphatic heterocycles. The van der Waals surface area contributed by atoms with Gasteiger partial charge in [0.05, 0.1) is 4.92 Å². The summed E-state index contributed by atoms with van der Waals surface area (Å²) in [5.74, 6) is 0. The molecule has 100 valence electrons. The highest BCUT2D eigenvalue weighted by atomic mass is 19.4. The van der Waals surface area contributed by atoms with E-state index in [0.29, 0.717) is 12.1 Å². The number of hydrogen-bond donors (Lipinski definition) is 0. The van der Waals surface area contributed by atoms with Gasteiger partial charge in [-0.2, -0.15) is 26.3 Å². The molecule has 0 saturated carbocycles. The van der Waals surface area contributed by atoms with Crippen molar-refractivity contribution in [1.82, 2.24) is 0 Å². The first-order chi connectivity index (χ1) is 7.94. The van der Waals surface area contributed by atoms with E-state index in [1.807, 2.05) is 0 Å². The van der Waals surface area contributed by atoms with Gasteiger partial charge in [0.1, 0.15) is 11.1 Å². The maximum Gasteiger partial charge on any atom is 0.423 e. The van der Waals surface area contributed by atoms with Gasteiger partial charge in [-0.1, -0.05) is 0 Å². The minimum Gasteiger partial charge on any atom is -0.258 e. The highest BCUT2D eigenvalue weighted by molar-refractivity contribution is 5.52. The van der Waals surface area contributed by atoms with Crippen molar-refractivity contribution in [2.75, 3.05) is 0 Å². The first-order valence-corrected chi connectivity index (χ1v) is 4.38. The lowest BCUT2D eigenvalue weighted by molar-refractivity contribution is -0.391. The average Bonchev–Trinajstić information content (AvgIpc) is 2.12. The Morgan fingerprint density at radius 2 is 1.33 bits per heavy atom. The Labute approximate surface area is 96.2 Å². The highest BCUT2D eigenvalue weighted by Gasteiger charge is 2.46. The second kappa shape index (κ2) is 4.14. The van der Waals surface area contributed by atoms with Crippen LogP contribution in [0.1, 0.15) is 16.7 Å². The summed E-state index contributed by atoms with van der Waals surface area (Å²) in [6.07, 6.45) is -10.5. The molecular weight excluding hydrogens is 268 g/mol. The summed E-state index contributed by atoms with van der Waals surface area (Å²) >= 11 is 0. The SMILES string of the molecule is Cc1cc(C(F)(F)F)c([N+](=O)[O-])c(C(F)(F)F)c1. The molecule has 0 aliphatic carbocycles. The zero-order chi connectivity index (χ0) is 14.3. The van der Waals surface area contributed by atoms with Gasteiger partial charge in [0.25, 0.3) is 5.69 Å². The monoisotopic (exact) mass is 273 g/mol. The Hall–Kier alpha value is -1.80. The zero-order valence-electron chi connectivity index (χ0n) is 8.69. The fourth-order valence-electron chi connectivity index (χ4n) is 1.41. The summed E-state index contributed by atoms with van der Waals surface area (Å²) in [4.78, 5) is 8.78. The fraction of sp³-hybridized carbons (Fsp3) is 0.333. The third kappa shape index (κ3) is 2.71. The van der Waals surface area contributed by atoms with E-state index in [4.69, 9.17) is 0 Å². The lowest BCUT2D eigenvalue weighted by Crippen LogP contribution is -2.16. The van der Waals surface area contributed by atoms with Gasteiger partial charge in [0.15, 0.2) is 0 Å². The molecule has 3 nitrogen and oxygen atoms in total. The third-order valence-electron chi connectivity index (χ3n) is 2.05. The summed E-state index contributed by atoms with van der Waals surface area (Å²) in [6, 6.07) is 0.626. The Balaban J connectivity index is 3.74. The Morgan fingerprint density at radius 1 is 1.00 bits per heavy atom. The van der Waals surface area contributed by atoms with E-state index in [1.54, 1.807) is 0 Å². The van der Waals surface area contributed by atoms with Crippen LogP contribution in [0.25, 0.3) is 0 Å². The van der Waals surface area contributed by atoms with Crippen LogP contribution in [0.3, 0.4) is 0 Å². The van der Waals surface area contributed by atoms with Crippen molar-refractivity contribution < 1.29 is 31.3 Å². The number of rotatable bonds is 1. The summed E-state index contributed by atoms with van der Waals surface area (Å²) in [5, 5.41) is 10.5. The molecule has 1 rings (SSSR count). The summed E-state index contributed by atoms with van der Waals surface area (Å²) < 4.78 is 74.9. The molecule has 0 fully saturated rings. The first kappa shape index (κ1) is 14.3. The molecule has 1 aromatic rings. The van der Waals surface area contributed by atoms with Crippen molar-refractivity contribution in [2.45, 2.75) is 19.3 Å². The van der Waals surface area contributed by atoms with Gasteiger partial charge in [-0.3, -0.25) is 10.1 Å². The van der Waals surface area contributed by atoms with Gasteiger partial charge >= 0.3 is 12.4 Å². The summed E-state index contributed by atoms with van der Waals surface area (Å²) in [6.45, 7) is 0.994. The van der Waals surface area contributed by atoms with Gasteiger partial charge < -0.3 is 0 Å². The molecule has 18 heavy (non-hydrogen) atoms. The number of nitro benzene ring substituents is 1. The minimum atomic E-state index is -5.23. The maximum absolute atomic E-state index is 12.5. The lowest BCUT2D eigenvalue weighted by Gasteiger charge is -2.13. The Bertz CT molecular complexity index is 456. The molecule has 0 heterocycles. The molecule has 9 heteroatoms. The number of benzene rings is 1. The molecule has 0 radical (unpaired) electrons. The predicted octanol–water partition coefficient (Wildman–Crippen LogP) is 3.94. The lowest BCUT2D eigenvalue weighted by atomic mass is 10.0. The highest BCUT2D eigenvalue weighted by Crippen LogP contribution is 2.44. The predicted molar refractivity (Wildman–Crippen MR) is 47.8 cm³/mol. The first-order valence-electron chi connectivity index (χ1n) is 4.38. The summed E-state index contributed by atoms with van der Waals surface area (Å²) in [5.41, 5.74) is -6.14. The van der Waals surface area contributed by atoms with Crippen LogP contribution in [0.15, 0.2) is 12.1 Å². The van der Waals surface area contributed by atoms with Gasteiger partial charge in [-0.05, 0) is 24.6 Å². The minimum absolute atomic E-state index is 0.313. The number of alkyl halides is 6. The van der Waals surface area contributed by atoms with Crippen LogP contribution in [0, 0.1) is 17.0 Å². The van der Waals surface area contributed by atoms with Crippen molar-refractivity contribution in [3.8, 4) is 0 Å². The number of aryl methyl sites for hydroxylation is 1. The van der Waals surface area contributed by atoms with Gasteiger partial charge in [0, 0.05) is 0 Å². The Kier molecular flexibility index (Phi) is 3.28. The Morgan fingerprint density at radius 3 is 1.56 bits per heavy atom. The van der Waals surface area contributed by atoms with E-state index < -0.39 is 34.1 Å². The van der Waals surface area contributed by atoms with E-state index in [9.17, 15) is 36.5 Å². The van der Waals surface area contributed by atoms with E-state index in [2.05, 4.69) is 0 Å². The van der Waals surface area contributed by atoms with Crippen molar-refractivity contribution in [2.24, 2.45) is 0 Å². The normalized spacial score (nSPS) is 12.6. The van der Waals surface area contributed by atoms with Crippen molar-refractivity contribution in [1.29, 1.82) is 0 Å². The van der Waals surface area contributed by atoms with E-state index in [0.717, 1.165) is 6.92 Å². The van der Waals surface area contributed by atoms with Crippen LogP contribution >= 0.6 is 0 Å². The molecule has 0 spiro atoms. The molecule has 0 aromatic heterocycles. The maximum atomic E-state index is 12.5.